The van der Waals surface area contributed by atoms with Gasteiger partial charge in [-0.1, -0.05) is 30.3 Å². The minimum Gasteiger partial charge on any atom is -0.292 e. The molecule has 2 aromatic carbocycles. The molecule has 0 spiro atoms. The summed E-state index contributed by atoms with van der Waals surface area (Å²) in [5.41, 5.74) is 0. The molecule has 0 aliphatic carbocycles. The minimum absolute atomic E-state index is 0.0191. The Morgan fingerprint density at radius 1 is 1.05 bits per heavy atom. The Kier molecular flexibility index (Phi) is 4.33. The van der Waals surface area contributed by atoms with Crippen molar-refractivity contribution in [1.29, 1.82) is 0 Å². The van der Waals surface area contributed by atoms with Crippen LogP contribution < -0.4 is 0 Å². The molecule has 5 heteroatoms. The number of carbonyl (C=O) groups excluding carboxylic acids is 1. The maximum atomic E-state index is 12.4. The average molecular weight is 379 g/mol. The Balaban J connectivity index is 1.82. The lowest BCUT2D eigenvalue weighted by molar-refractivity contribution is 0.102. The molecule has 0 N–H and O–H groups in total. The summed E-state index contributed by atoms with van der Waals surface area (Å²) in [5, 5.41) is 2.14. The van der Waals surface area contributed by atoms with Gasteiger partial charge in [0.1, 0.15) is 0 Å². The highest BCUT2D eigenvalue weighted by Crippen LogP contribution is 2.23. The van der Waals surface area contributed by atoms with Gasteiger partial charge in [0, 0.05) is 4.90 Å². The molecule has 2 nitrogen and oxygen atoms in total. The van der Waals surface area contributed by atoms with Gasteiger partial charge >= 0.3 is 0 Å². The number of hydrogen-bond donors (Lipinski definition) is 0. The van der Waals surface area contributed by atoms with E-state index in [4.69, 9.17) is 0 Å². The molecule has 0 saturated heterocycles. The van der Waals surface area contributed by atoms with Crippen LogP contribution >= 0.6 is 27.3 Å². The smallest absolute Gasteiger partial charge is 0.185 e. The van der Waals surface area contributed by atoms with Gasteiger partial charge in [-0.15, -0.1) is 11.3 Å². The highest BCUT2D eigenvalue weighted by Gasteiger charge is 2.14. The highest BCUT2D eigenvalue weighted by molar-refractivity contribution is 9.11. The van der Waals surface area contributed by atoms with E-state index in [1.807, 2.05) is 48.5 Å². The van der Waals surface area contributed by atoms with Crippen molar-refractivity contribution in [3.8, 4) is 0 Å². The molecule has 0 saturated carbocycles. The Labute approximate surface area is 137 Å². The zero-order valence-electron chi connectivity index (χ0n) is 10.9. The van der Waals surface area contributed by atoms with Crippen LogP contribution in [0.25, 0.3) is 10.8 Å². The van der Waals surface area contributed by atoms with Crippen molar-refractivity contribution in [2.24, 2.45) is 0 Å². The fourth-order valence-corrected chi connectivity index (χ4v) is 4.50. The lowest BCUT2D eigenvalue weighted by atomic mass is 10.1. The number of carbonyl (C=O) groups is 1. The summed E-state index contributed by atoms with van der Waals surface area (Å²) in [6.07, 6.45) is 0. The average Bonchev–Trinajstić information content (AvgIpc) is 2.93. The lowest BCUT2D eigenvalue weighted by Gasteiger charge is -2.03. The molecule has 106 valence electrons. The third kappa shape index (κ3) is 3.31. The molecule has 0 aliphatic rings. The van der Waals surface area contributed by atoms with Gasteiger partial charge < -0.3 is 0 Å². The second kappa shape index (κ2) is 6.22. The first-order valence-corrected chi connectivity index (χ1v) is 9.22. The van der Waals surface area contributed by atoms with Crippen LogP contribution in [-0.2, 0) is 10.8 Å². The van der Waals surface area contributed by atoms with Crippen molar-refractivity contribution < 1.29 is 9.00 Å². The molecular weight excluding hydrogens is 368 g/mol. The van der Waals surface area contributed by atoms with E-state index in [1.165, 1.54) is 11.3 Å². The molecule has 0 fully saturated rings. The van der Waals surface area contributed by atoms with Crippen molar-refractivity contribution in [2.45, 2.75) is 4.90 Å². The summed E-state index contributed by atoms with van der Waals surface area (Å²) in [5.74, 6) is -0.0668. The van der Waals surface area contributed by atoms with E-state index in [0.717, 1.165) is 14.6 Å². The van der Waals surface area contributed by atoms with Gasteiger partial charge in [0.05, 0.1) is 25.2 Å². The number of hydrogen-bond acceptors (Lipinski definition) is 3. The van der Waals surface area contributed by atoms with Crippen LogP contribution in [0.5, 0.6) is 0 Å². The zero-order valence-corrected chi connectivity index (χ0v) is 14.1. The van der Waals surface area contributed by atoms with Gasteiger partial charge in [0.2, 0.25) is 0 Å². The van der Waals surface area contributed by atoms with Gasteiger partial charge in [-0.05, 0) is 51.0 Å². The summed E-state index contributed by atoms with van der Waals surface area (Å²) >= 11 is 4.70. The molecule has 0 bridgehead atoms. The van der Waals surface area contributed by atoms with E-state index in [9.17, 15) is 9.00 Å². The number of halogens is 1. The molecule has 3 aromatic rings. The number of benzene rings is 2. The van der Waals surface area contributed by atoms with Crippen molar-refractivity contribution >= 4 is 54.6 Å². The molecule has 0 radical (unpaired) electrons. The quantitative estimate of drug-likeness (QED) is 0.618. The number of Topliss-reactive ketones (excluding diaryl/α,β-unsaturated/α-hetero) is 1. The SMILES string of the molecule is O=C(CS(=O)c1ccc2ccccc2c1)c1ccc(Br)s1. The normalized spacial score (nSPS) is 12.4. The second-order valence-electron chi connectivity index (χ2n) is 4.53. The fraction of sp³-hybridized carbons (Fsp3) is 0.0625. The number of rotatable bonds is 4. The topological polar surface area (TPSA) is 34.1 Å². The number of ketones is 1. The van der Waals surface area contributed by atoms with Crippen molar-refractivity contribution in [2.75, 3.05) is 5.75 Å². The maximum Gasteiger partial charge on any atom is 0.185 e. The minimum atomic E-state index is -1.32. The molecule has 3 rings (SSSR count). The largest absolute Gasteiger partial charge is 0.292 e. The molecule has 0 aliphatic heterocycles. The Bertz CT molecular complexity index is 839. The molecule has 0 amide bonds. The molecule has 1 aromatic heterocycles. The fourth-order valence-electron chi connectivity index (χ4n) is 2.05. The standard InChI is InChI=1S/C16H11BrO2S2/c17-16-8-7-15(20-16)14(18)10-21(19)13-6-5-11-3-1-2-4-12(11)9-13/h1-9H,10H2. The second-order valence-corrected chi connectivity index (χ2v) is 8.44. The Hall–Kier alpha value is -1.30. The summed E-state index contributed by atoms with van der Waals surface area (Å²) in [4.78, 5) is 13.4. The third-order valence-electron chi connectivity index (χ3n) is 3.09. The Morgan fingerprint density at radius 2 is 1.81 bits per heavy atom. The monoisotopic (exact) mass is 378 g/mol. The van der Waals surface area contributed by atoms with E-state index in [2.05, 4.69) is 15.9 Å². The summed E-state index contributed by atoms with van der Waals surface area (Å²) in [6.45, 7) is 0. The Morgan fingerprint density at radius 3 is 2.52 bits per heavy atom. The van der Waals surface area contributed by atoms with Gasteiger partial charge in [0.15, 0.2) is 5.78 Å². The number of fused-ring (bicyclic) bond motifs is 1. The van der Waals surface area contributed by atoms with Gasteiger partial charge in [-0.3, -0.25) is 9.00 Å². The maximum absolute atomic E-state index is 12.4. The van der Waals surface area contributed by atoms with Crippen LogP contribution in [0.15, 0.2) is 63.3 Å². The van der Waals surface area contributed by atoms with Crippen LogP contribution in [-0.4, -0.2) is 15.7 Å². The predicted octanol–water partition coefficient (Wildman–Crippen LogP) is 4.65. The third-order valence-corrected chi connectivity index (χ3v) is 6.06. The summed E-state index contributed by atoms with van der Waals surface area (Å²) in [6, 6.07) is 17.2. The van der Waals surface area contributed by atoms with Gasteiger partial charge in [-0.2, -0.15) is 0 Å². The highest BCUT2D eigenvalue weighted by atomic mass is 79.9. The summed E-state index contributed by atoms with van der Waals surface area (Å²) < 4.78 is 13.3. The van der Waals surface area contributed by atoms with Crippen LogP contribution in [0.1, 0.15) is 9.67 Å². The first-order chi connectivity index (χ1) is 10.1. The molecule has 1 atom stereocenters. The van der Waals surface area contributed by atoms with Crippen LogP contribution in [0.3, 0.4) is 0 Å². The van der Waals surface area contributed by atoms with E-state index in [-0.39, 0.29) is 11.5 Å². The van der Waals surface area contributed by atoms with Crippen molar-refractivity contribution in [1.82, 2.24) is 0 Å². The van der Waals surface area contributed by atoms with E-state index < -0.39 is 10.8 Å². The molecular formula is C16H11BrO2S2. The zero-order chi connectivity index (χ0) is 14.8. The lowest BCUT2D eigenvalue weighted by Crippen LogP contribution is -2.09. The first-order valence-electron chi connectivity index (χ1n) is 6.29. The van der Waals surface area contributed by atoms with Crippen molar-refractivity contribution in [3.05, 3.63) is 63.3 Å². The summed E-state index contributed by atoms with van der Waals surface area (Å²) in [7, 11) is -1.32. The van der Waals surface area contributed by atoms with Crippen LogP contribution in [0.4, 0.5) is 0 Å². The van der Waals surface area contributed by atoms with Gasteiger partial charge in [-0.25, -0.2) is 0 Å². The van der Waals surface area contributed by atoms with Crippen LogP contribution in [0, 0.1) is 0 Å². The number of thiophene rings is 1. The molecule has 1 heterocycles. The predicted molar refractivity (Wildman–Crippen MR) is 91.6 cm³/mol. The molecule has 21 heavy (non-hydrogen) atoms. The van der Waals surface area contributed by atoms with E-state index in [1.54, 1.807) is 6.07 Å². The van der Waals surface area contributed by atoms with E-state index in [0.29, 0.717) is 9.77 Å². The molecule has 1 unspecified atom stereocenters. The first kappa shape index (κ1) is 14.6. The van der Waals surface area contributed by atoms with Crippen molar-refractivity contribution in [3.63, 3.8) is 0 Å². The van der Waals surface area contributed by atoms with Crippen LogP contribution in [0.2, 0.25) is 0 Å². The van der Waals surface area contributed by atoms with E-state index >= 15 is 0 Å². The van der Waals surface area contributed by atoms with Gasteiger partial charge in [0.25, 0.3) is 0 Å².